The molecule has 130 valence electrons. The van der Waals surface area contributed by atoms with E-state index in [1.54, 1.807) is 38.1 Å². The standard InChI is InChI=1S/C16H16FN5O2S/c1-9-5-6-11(8-12(9)17)19-15(23)10(2)25-16-21-20-14(22(16)18)13-4-3-7-24-13/h3-8,10H,18H2,1-2H3,(H,19,23)/t10-/m1/s1. The van der Waals surface area contributed by atoms with Crippen LogP contribution in [0.5, 0.6) is 0 Å². The van der Waals surface area contributed by atoms with Gasteiger partial charge < -0.3 is 15.6 Å². The van der Waals surface area contributed by atoms with Gasteiger partial charge >= 0.3 is 0 Å². The Morgan fingerprint density at radius 2 is 2.20 bits per heavy atom. The van der Waals surface area contributed by atoms with Crippen molar-refractivity contribution in [2.45, 2.75) is 24.3 Å². The molecule has 3 aromatic rings. The van der Waals surface area contributed by atoms with Crippen molar-refractivity contribution in [3.63, 3.8) is 0 Å². The first-order valence-electron chi connectivity index (χ1n) is 7.43. The third-order valence-corrected chi connectivity index (χ3v) is 4.55. The van der Waals surface area contributed by atoms with Crippen LogP contribution >= 0.6 is 11.8 Å². The highest BCUT2D eigenvalue weighted by Gasteiger charge is 2.21. The number of nitrogens with one attached hydrogen (secondary N) is 1. The van der Waals surface area contributed by atoms with Crippen molar-refractivity contribution < 1.29 is 13.6 Å². The van der Waals surface area contributed by atoms with Gasteiger partial charge in [0.05, 0.1) is 11.5 Å². The average Bonchev–Trinajstić information content (AvgIpc) is 3.21. The summed E-state index contributed by atoms with van der Waals surface area (Å²) in [5.74, 6) is 6.14. The highest BCUT2D eigenvalue weighted by Crippen LogP contribution is 2.25. The number of carbonyl (C=O) groups is 1. The summed E-state index contributed by atoms with van der Waals surface area (Å²) in [6, 6.07) is 7.96. The quantitative estimate of drug-likeness (QED) is 0.535. The van der Waals surface area contributed by atoms with E-state index in [0.717, 1.165) is 11.8 Å². The van der Waals surface area contributed by atoms with Crippen molar-refractivity contribution in [1.29, 1.82) is 0 Å². The average molecular weight is 361 g/mol. The predicted molar refractivity (Wildman–Crippen MR) is 93.0 cm³/mol. The molecule has 3 rings (SSSR count). The molecule has 0 unspecified atom stereocenters. The molecule has 0 saturated heterocycles. The molecule has 0 bridgehead atoms. The molecule has 3 N–H and O–H groups in total. The molecule has 1 amide bonds. The first-order valence-corrected chi connectivity index (χ1v) is 8.31. The van der Waals surface area contributed by atoms with Gasteiger partial charge in [-0.05, 0) is 43.7 Å². The Bertz CT molecular complexity index is 894. The Hall–Kier alpha value is -2.81. The second-order valence-corrected chi connectivity index (χ2v) is 6.67. The fraction of sp³-hybridized carbons (Fsp3) is 0.188. The van der Waals surface area contributed by atoms with Crippen LogP contribution < -0.4 is 11.2 Å². The van der Waals surface area contributed by atoms with Crippen LogP contribution in [0.3, 0.4) is 0 Å². The van der Waals surface area contributed by atoms with Gasteiger partial charge in [-0.15, -0.1) is 10.2 Å². The van der Waals surface area contributed by atoms with Crippen LogP contribution in [0.2, 0.25) is 0 Å². The summed E-state index contributed by atoms with van der Waals surface area (Å²) < 4.78 is 20.1. The molecule has 0 aliphatic rings. The van der Waals surface area contributed by atoms with Gasteiger partial charge in [-0.25, -0.2) is 9.07 Å². The Kier molecular flexibility index (Phi) is 4.75. The molecule has 0 fully saturated rings. The molecule has 1 aromatic carbocycles. The predicted octanol–water partition coefficient (Wildman–Crippen LogP) is 2.82. The van der Waals surface area contributed by atoms with Crippen molar-refractivity contribution >= 4 is 23.4 Å². The first-order chi connectivity index (χ1) is 12.0. The van der Waals surface area contributed by atoms with Gasteiger partial charge in [0.15, 0.2) is 5.76 Å². The number of hydrogen-bond acceptors (Lipinski definition) is 6. The minimum Gasteiger partial charge on any atom is -0.461 e. The zero-order chi connectivity index (χ0) is 18.0. The number of furan rings is 1. The summed E-state index contributed by atoms with van der Waals surface area (Å²) in [5.41, 5.74) is 0.910. The fourth-order valence-corrected chi connectivity index (χ4v) is 2.83. The van der Waals surface area contributed by atoms with Crippen molar-refractivity contribution in [2.75, 3.05) is 11.2 Å². The third-order valence-electron chi connectivity index (χ3n) is 3.50. The van der Waals surface area contributed by atoms with Gasteiger partial charge in [-0.3, -0.25) is 4.79 Å². The maximum absolute atomic E-state index is 13.6. The van der Waals surface area contributed by atoms with Crippen LogP contribution in [0.25, 0.3) is 11.6 Å². The highest BCUT2D eigenvalue weighted by molar-refractivity contribution is 8.00. The van der Waals surface area contributed by atoms with E-state index in [2.05, 4.69) is 15.5 Å². The lowest BCUT2D eigenvalue weighted by Gasteiger charge is -2.12. The summed E-state index contributed by atoms with van der Waals surface area (Å²) in [7, 11) is 0. The van der Waals surface area contributed by atoms with E-state index in [1.165, 1.54) is 17.0 Å². The molecule has 0 aliphatic heterocycles. The Labute approximate surface area is 147 Å². The number of benzene rings is 1. The summed E-state index contributed by atoms with van der Waals surface area (Å²) in [6.07, 6.45) is 1.51. The van der Waals surface area contributed by atoms with Crippen molar-refractivity contribution in [1.82, 2.24) is 14.9 Å². The van der Waals surface area contributed by atoms with Gasteiger partial charge in [0.1, 0.15) is 5.82 Å². The number of aryl methyl sites for hydroxylation is 1. The van der Waals surface area contributed by atoms with E-state index < -0.39 is 5.25 Å². The molecule has 0 aliphatic carbocycles. The van der Waals surface area contributed by atoms with Crippen LogP contribution in [0, 0.1) is 12.7 Å². The molecule has 7 nitrogen and oxygen atoms in total. The van der Waals surface area contributed by atoms with Crippen molar-refractivity contribution in [3.05, 3.63) is 48.0 Å². The SMILES string of the molecule is Cc1ccc(NC(=O)[C@@H](C)Sc2nnc(-c3ccco3)n2N)cc1F. The van der Waals surface area contributed by atoms with E-state index in [1.807, 2.05) is 0 Å². The van der Waals surface area contributed by atoms with Gasteiger partial charge in [0.2, 0.25) is 16.9 Å². The summed E-state index contributed by atoms with van der Waals surface area (Å²) in [5, 5.41) is 10.5. The topological polar surface area (TPSA) is 99.0 Å². The lowest BCUT2D eigenvalue weighted by Crippen LogP contribution is -2.23. The van der Waals surface area contributed by atoms with E-state index in [-0.39, 0.29) is 11.7 Å². The number of halogens is 1. The molecule has 0 radical (unpaired) electrons. The van der Waals surface area contributed by atoms with Gasteiger partial charge in [-0.2, -0.15) is 0 Å². The second-order valence-electron chi connectivity index (χ2n) is 5.37. The van der Waals surface area contributed by atoms with Crippen LogP contribution in [-0.2, 0) is 4.79 Å². The fourth-order valence-electron chi connectivity index (χ4n) is 2.06. The number of nitrogens with two attached hydrogens (primary N) is 1. The number of rotatable bonds is 5. The maximum atomic E-state index is 13.6. The molecular formula is C16H16FN5O2S. The highest BCUT2D eigenvalue weighted by atomic mass is 32.2. The number of nitrogens with zero attached hydrogens (tertiary/aromatic N) is 3. The molecule has 0 spiro atoms. The summed E-state index contributed by atoms with van der Waals surface area (Å²) >= 11 is 1.14. The van der Waals surface area contributed by atoms with E-state index >= 15 is 0 Å². The monoisotopic (exact) mass is 361 g/mol. The number of carbonyl (C=O) groups excluding carboxylic acids is 1. The Balaban J connectivity index is 1.68. The normalized spacial score (nSPS) is 12.1. The minimum absolute atomic E-state index is 0.296. The molecule has 2 heterocycles. The van der Waals surface area contributed by atoms with E-state index in [4.69, 9.17) is 10.3 Å². The number of hydrogen-bond donors (Lipinski definition) is 2. The van der Waals surface area contributed by atoms with Gasteiger partial charge in [-0.1, -0.05) is 17.8 Å². The van der Waals surface area contributed by atoms with Gasteiger partial charge in [0.25, 0.3) is 0 Å². The molecular weight excluding hydrogens is 345 g/mol. The molecule has 25 heavy (non-hydrogen) atoms. The zero-order valence-corrected chi connectivity index (χ0v) is 14.4. The Morgan fingerprint density at radius 3 is 2.88 bits per heavy atom. The van der Waals surface area contributed by atoms with Crippen LogP contribution in [0.1, 0.15) is 12.5 Å². The lowest BCUT2D eigenvalue weighted by molar-refractivity contribution is -0.115. The third kappa shape index (κ3) is 3.66. The molecule has 2 aromatic heterocycles. The number of aromatic nitrogens is 3. The first kappa shape index (κ1) is 17.0. The lowest BCUT2D eigenvalue weighted by atomic mass is 10.2. The van der Waals surface area contributed by atoms with Crippen LogP contribution in [0.15, 0.2) is 46.2 Å². The largest absolute Gasteiger partial charge is 0.461 e. The number of anilines is 1. The van der Waals surface area contributed by atoms with Gasteiger partial charge in [0, 0.05) is 5.69 Å². The van der Waals surface area contributed by atoms with Crippen molar-refractivity contribution in [3.8, 4) is 11.6 Å². The smallest absolute Gasteiger partial charge is 0.237 e. The van der Waals surface area contributed by atoms with Crippen LogP contribution in [-0.4, -0.2) is 26.0 Å². The van der Waals surface area contributed by atoms with E-state index in [9.17, 15) is 9.18 Å². The summed E-state index contributed by atoms with van der Waals surface area (Å²) in [4.78, 5) is 12.3. The molecule has 0 saturated carbocycles. The van der Waals surface area contributed by atoms with Crippen LogP contribution in [0.4, 0.5) is 10.1 Å². The van der Waals surface area contributed by atoms with E-state index in [0.29, 0.717) is 28.0 Å². The number of thioether (sulfide) groups is 1. The maximum Gasteiger partial charge on any atom is 0.237 e. The number of amides is 1. The minimum atomic E-state index is -0.514. The number of nitrogen functional groups attached to an aromatic ring is 1. The second kappa shape index (κ2) is 6.98. The zero-order valence-electron chi connectivity index (χ0n) is 13.6. The van der Waals surface area contributed by atoms with Crippen molar-refractivity contribution in [2.24, 2.45) is 0 Å². The Morgan fingerprint density at radius 1 is 1.40 bits per heavy atom. The molecule has 9 heteroatoms. The molecule has 1 atom stereocenters. The summed E-state index contributed by atoms with van der Waals surface area (Å²) in [6.45, 7) is 3.36.